The van der Waals surface area contributed by atoms with Crippen molar-refractivity contribution in [3.05, 3.63) is 109 Å². The van der Waals surface area contributed by atoms with E-state index in [1.165, 1.54) is 6.33 Å². The molecule has 6 rings (SSSR count). The first-order valence-electron chi connectivity index (χ1n) is 12.9. The number of carbonyl (C=O) groups excluding carboxylic acids is 1. The van der Waals surface area contributed by atoms with Gasteiger partial charge in [0.1, 0.15) is 36.3 Å². The second-order valence-electron chi connectivity index (χ2n) is 9.49. The Morgan fingerprint density at radius 1 is 1.08 bits per heavy atom. The van der Waals surface area contributed by atoms with Gasteiger partial charge in [-0.1, -0.05) is 30.3 Å². The molecule has 1 aliphatic heterocycles. The number of primary amides is 1. The highest BCUT2D eigenvalue weighted by Crippen LogP contribution is 2.36. The molecule has 5 aromatic rings. The fourth-order valence-corrected chi connectivity index (χ4v) is 5.07. The number of nitrogens with zero attached hydrogens (tertiary/aromatic N) is 4. The Kier molecular flexibility index (Phi) is 6.88. The summed E-state index contributed by atoms with van der Waals surface area (Å²) < 4.78 is 11.7. The number of hydrogen-bond acceptors (Lipinski definition) is 8. The maximum absolute atomic E-state index is 12.2. The Morgan fingerprint density at radius 2 is 1.92 bits per heavy atom. The second-order valence-corrected chi connectivity index (χ2v) is 9.49. The van der Waals surface area contributed by atoms with E-state index in [1.54, 1.807) is 12.5 Å². The number of fused-ring (bicyclic) bond motifs is 1. The Bertz CT molecular complexity index is 1560. The predicted octanol–water partition coefficient (Wildman–Crippen LogP) is 4.98. The van der Waals surface area contributed by atoms with E-state index in [0.29, 0.717) is 36.7 Å². The van der Waals surface area contributed by atoms with Gasteiger partial charge in [0.15, 0.2) is 0 Å². The van der Waals surface area contributed by atoms with Gasteiger partial charge in [0.2, 0.25) is 5.91 Å². The number of hydrogen-bond donors (Lipinski definition) is 2. The zero-order valence-electron chi connectivity index (χ0n) is 21.2. The van der Waals surface area contributed by atoms with Gasteiger partial charge in [0.25, 0.3) is 0 Å². The summed E-state index contributed by atoms with van der Waals surface area (Å²) in [5.41, 5.74) is 9.14. The van der Waals surface area contributed by atoms with Gasteiger partial charge in [-0.2, -0.15) is 0 Å². The van der Waals surface area contributed by atoms with Gasteiger partial charge in [0, 0.05) is 17.6 Å². The van der Waals surface area contributed by atoms with Crippen LogP contribution in [0.4, 0.5) is 11.5 Å². The molecule has 1 fully saturated rings. The quantitative estimate of drug-likeness (QED) is 0.279. The summed E-state index contributed by atoms with van der Waals surface area (Å²) in [5.74, 6) is 1.78. The number of carbonyl (C=O) groups is 1. The van der Waals surface area contributed by atoms with Crippen LogP contribution in [0.15, 0.2) is 96.0 Å². The lowest BCUT2D eigenvalue weighted by Crippen LogP contribution is -2.42. The van der Waals surface area contributed by atoms with Crippen LogP contribution in [0.2, 0.25) is 0 Å². The van der Waals surface area contributed by atoms with Gasteiger partial charge >= 0.3 is 0 Å². The standard InChI is InChI=1S/C30H28N6O3/c31-29(37)26-8-4-14-36(26)28(27-9-5-15-38-27)24-16-23-25(17-32-24)33-19-34-30(23)35-21-10-12-22(13-11-21)39-18-20-6-2-1-3-7-20/h1-3,5-7,9-13,15-17,19,26,28H,4,8,14,18H2,(H2,31,37)(H,33,34,35)/t26-,28?/m1/s1. The third-order valence-electron chi connectivity index (χ3n) is 6.96. The third kappa shape index (κ3) is 5.30. The average Bonchev–Trinajstić information content (AvgIpc) is 3.67. The molecular weight excluding hydrogens is 492 g/mol. The number of nitrogens with one attached hydrogen (secondary N) is 1. The van der Waals surface area contributed by atoms with Crippen molar-refractivity contribution in [3.63, 3.8) is 0 Å². The van der Waals surface area contributed by atoms with E-state index < -0.39 is 0 Å². The molecule has 3 aromatic heterocycles. The summed E-state index contributed by atoms with van der Waals surface area (Å²) in [4.78, 5) is 27.9. The van der Waals surface area contributed by atoms with Crippen molar-refractivity contribution in [2.45, 2.75) is 31.5 Å². The molecule has 0 spiro atoms. The van der Waals surface area contributed by atoms with E-state index >= 15 is 0 Å². The Balaban J connectivity index is 1.27. The zero-order chi connectivity index (χ0) is 26.6. The van der Waals surface area contributed by atoms with Crippen LogP contribution in [0, 0.1) is 0 Å². The van der Waals surface area contributed by atoms with Gasteiger partial charge in [-0.25, -0.2) is 9.97 Å². The fourth-order valence-electron chi connectivity index (χ4n) is 5.07. The van der Waals surface area contributed by atoms with E-state index in [2.05, 4.69) is 20.2 Å². The van der Waals surface area contributed by atoms with E-state index in [1.807, 2.05) is 72.8 Å². The molecule has 2 aromatic carbocycles. The molecule has 39 heavy (non-hydrogen) atoms. The third-order valence-corrected chi connectivity index (χ3v) is 6.96. The molecule has 1 unspecified atom stereocenters. The maximum atomic E-state index is 12.2. The number of aromatic nitrogens is 3. The fraction of sp³-hybridized carbons (Fsp3) is 0.200. The maximum Gasteiger partial charge on any atom is 0.234 e. The molecule has 9 nitrogen and oxygen atoms in total. The van der Waals surface area contributed by atoms with E-state index in [9.17, 15) is 4.79 Å². The topological polar surface area (TPSA) is 119 Å². The molecule has 1 amide bonds. The molecule has 0 saturated carbocycles. The lowest BCUT2D eigenvalue weighted by atomic mass is 10.0. The van der Waals surface area contributed by atoms with Gasteiger partial charge < -0.3 is 20.2 Å². The number of ether oxygens (including phenoxy) is 1. The second kappa shape index (κ2) is 10.9. The van der Waals surface area contributed by atoms with Gasteiger partial charge in [0.05, 0.1) is 29.7 Å². The Morgan fingerprint density at radius 3 is 2.69 bits per heavy atom. The van der Waals surface area contributed by atoms with E-state index in [-0.39, 0.29) is 18.0 Å². The summed E-state index contributed by atoms with van der Waals surface area (Å²) in [6, 6.07) is 22.7. The van der Waals surface area contributed by atoms with Gasteiger partial charge in [-0.15, -0.1) is 0 Å². The largest absolute Gasteiger partial charge is 0.489 e. The molecular formula is C30H28N6O3. The van der Waals surface area contributed by atoms with E-state index in [4.69, 9.17) is 19.9 Å². The summed E-state index contributed by atoms with van der Waals surface area (Å²) in [6.45, 7) is 1.22. The monoisotopic (exact) mass is 520 g/mol. The van der Waals surface area contributed by atoms with Crippen LogP contribution in [-0.2, 0) is 11.4 Å². The molecule has 4 heterocycles. The summed E-state index contributed by atoms with van der Waals surface area (Å²) >= 11 is 0. The molecule has 2 atom stereocenters. The minimum Gasteiger partial charge on any atom is -0.489 e. The molecule has 0 bridgehead atoms. The lowest BCUT2D eigenvalue weighted by molar-refractivity contribution is -0.122. The molecule has 1 saturated heterocycles. The molecule has 196 valence electrons. The van der Waals surface area contributed by atoms with Crippen LogP contribution in [0.5, 0.6) is 5.75 Å². The molecule has 3 N–H and O–H groups in total. The van der Waals surface area contributed by atoms with Crippen LogP contribution in [-0.4, -0.2) is 38.3 Å². The first-order valence-corrected chi connectivity index (χ1v) is 12.9. The molecule has 0 radical (unpaired) electrons. The van der Waals surface area contributed by atoms with E-state index in [0.717, 1.165) is 34.5 Å². The average molecular weight is 521 g/mol. The number of pyridine rings is 1. The van der Waals surface area contributed by atoms with Crippen molar-refractivity contribution in [1.82, 2.24) is 19.9 Å². The number of benzene rings is 2. The molecule has 1 aliphatic rings. The van der Waals surface area contributed by atoms with Crippen molar-refractivity contribution >= 4 is 28.3 Å². The van der Waals surface area contributed by atoms with Crippen LogP contribution in [0.1, 0.15) is 35.9 Å². The number of anilines is 2. The number of amides is 1. The minimum atomic E-state index is -0.384. The van der Waals surface area contributed by atoms with Gasteiger partial charge in [-0.05, 0) is 60.9 Å². The highest BCUT2D eigenvalue weighted by atomic mass is 16.5. The van der Waals surface area contributed by atoms with Crippen molar-refractivity contribution in [1.29, 1.82) is 0 Å². The number of nitrogens with two attached hydrogens (primary N) is 1. The Hall–Kier alpha value is -4.76. The van der Waals surface area contributed by atoms with Crippen LogP contribution >= 0.6 is 0 Å². The molecule has 9 heteroatoms. The predicted molar refractivity (Wildman–Crippen MR) is 147 cm³/mol. The smallest absolute Gasteiger partial charge is 0.234 e. The van der Waals surface area contributed by atoms with Crippen molar-refractivity contribution < 1.29 is 13.9 Å². The molecule has 0 aliphatic carbocycles. The summed E-state index contributed by atoms with van der Waals surface area (Å²) in [7, 11) is 0. The van der Waals surface area contributed by atoms with Crippen LogP contribution in [0.3, 0.4) is 0 Å². The van der Waals surface area contributed by atoms with Crippen LogP contribution < -0.4 is 15.8 Å². The van der Waals surface area contributed by atoms with Crippen molar-refractivity contribution in [2.24, 2.45) is 5.73 Å². The number of likely N-dealkylation sites (tertiary alicyclic amines) is 1. The lowest BCUT2D eigenvalue weighted by Gasteiger charge is -2.30. The first-order chi connectivity index (χ1) is 19.2. The van der Waals surface area contributed by atoms with Crippen molar-refractivity contribution in [2.75, 3.05) is 11.9 Å². The first kappa shape index (κ1) is 24.6. The SMILES string of the molecule is NC(=O)[C@H]1CCCN1C(c1cc2c(Nc3ccc(OCc4ccccc4)cc3)ncnc2cn1)c1ccco1. The van der Waals surface area contributed by atoms with Crippen LogP contribution in [0.25, 0.3) is 10.9 Å². The number of furan rings is 1. The summed E-state index contributed by atoms with van der Waals surface area (Å²) in [6.07, 6.45) is 6.45. The zero-order valence-corrected chi connectivity index (χ0v) is 21.2. The normalized spacial score (nSPS) is 16.3. The highest BCUT2D eigenvalue weighted by Gasteiger charge is 2.37. The highest BCUT2D eigenvalue weighted by molar-refractivity contribution is 5.90. The summed E-state index contributed by atoms with van der Waals surface area (Å²) in [5, 5.41) is 4.20. The minimum absolute atomic E-state index is 0.341. The van der Waals surface area contributed by atoms with Crippen molar-refractivity contribution in [3.8, 4) is 5.75 Å². The van der Waals surface area contributed by atoms with Gasteiger partial charge in [-0.3, -0.25) is 14.7 Å². The number of rotatable bonds is 9. The Labute approximate surface area is 225 Å².